The van der Waals surface area contributed by atoms with Gasteiger partial charge in [0.1, 0.15) is 21.5 Å². The number of aromatic nitrogens is 3. The summed E-state index contributed by atoms with van der Waals surface area (Å²) in [4.78, 5) is 18.1. The summed E-state index contributed by atoms with van der Waals surface area (Å²) in [6.45, 7) is 4.15. The van der Waals surface area contributed by atoms with Gasteiger partial charge in [-0.3, -0.25) is 4.79 Å². The molecule has 0 spiro atoms. The number of para-hydroxylation sites is 1. The third kappa shape index (κ3) is 6.46. The number of hydrogen-bond donors (Lipinski definition) is 1. The molecule has 35 heavy (non-hydrogen) atoms. The average Bonchev–Trinajstić information content (AvgIpc) is 3.28. The van der Waals surface area contributed by atoms with E-state index in [1.165, 1.54) is 30.2 Å². The first-order chi connectivity index (χ1) is 17.1. The zero-order chi connectivity index (χ0) is 24.6. The Morgan fingerprint density at radius 2 is 1.86 bits per heavy atom. The quantitative estimate of drug-likeness (QED) is 0.243. The second-order valence-corrected chi connectivity index (χ2v) is 10.0. The molecule has 0 radical (unpaired) electrons. The Balaban J connectivity index is 1.35. The average molecular weight is 505 g/mol. The molecule has 2 aromatic heterocycles. The molecule has 6 nitrogen and oxygen atoms in total. The van der Waals surface area contributed by atoms with Crippen LogP contribution < -0.4 is 10.1 Å². The number of aryl methyl sites for hydroxylation is 2. The molecule has 0 aliphatic carbocycles. The van der Waals surface area contributed by atoms with Crippen LogP contribution in [-0.4, -0.2) is 34.0 Å². The van der Waals surface area contributed by atoms with E-state index in [4.69, 9.17) is 9.72 Å². The molecule has 0 fully saturated rings. The van der Waals surface area contributed by atoms with Gasteiger partial charge in [-0.1, -0.05) is 49.4 Å². The minimum atomic E-state index is -0.0677. The first kappa shape index (κ1) is 24.9. The highest BCUT2D eigenvalue weighted by atomic mass is 32.2. The maximum atomic E-state index is 12.4. The number of thioether (sulfide) groups is 1. The van der Waals surface area contributed by atoms with Gasteiger partial charge in [0.25, 0.3) is 0 Å². The lowest BCUT2D eigenvalue weighted by Gasteiger charge is -2.06. The fraction of sp³-hybridized carbons (Fsp3) is 0.259. The molecular formula is C27H28N4O2S2. The molecule has 0 bridgehead atoms. The first-order valence-corrected chi connectivity index (χ1v) is 13.3. The summed E-state index contributed by atoms with van der Waals surface area (Å²) in [6, 6.07) is 19.7. The largest absolute Gasteiger partial charge is 0.496 e. The molecule has 2 heterocycles. The molecule has 1 amide bonds. The third-order valence-corrected chi connectivity index (χ3v) is 7.55. The summed E-state index contributed by atoms with van der Waals surface area (Å²) in [5, 5.41) is 13.2. The van der Waals surface area contributed by atoms with Crippen LogP contribution in [0.2, 0.25) is 0 Å². The number of methoxy groups -OCH3 is 1. The maximum Gasteiger partial charge on any atom is 0.234 e. The molecular weight excluding hydrogens is 476 g/mol. The first-order valence-electron chi connectivity index (χ1n) is 11.5. The van der Waals surface area contributed by atoms with Crippen molar-refractivity contribution >= 4 is 34.7 Å². The smallest absolute Gasteiger partial charge is 0.234 e. The number of nitrogens with zero attached hydrogens (tertiary/aromatic N) is 3. The standard InChI is InChI=1S/C27H28N4O2S2/c1-4-5-8-19-11-13-20(14-12-19)29-24(32)17-34-25-16-15-22(30-31-25)26-18(2)28-27(35-26)21-9-6-7-10-23(21)33-3/h6-7,9-16H,4-5,8,17H2,1-3H3,(H,29,32). The number of hydrogen-bond acceptors (Lipinski definition) is 7. The summed E-state index contributed by atoms with van der Waals surface area (Å²) in [5.74, 6) is 0.988. The summed E-state index contributed by atoms with van der Waals surface area (Å²) in [5.41, 5.74) is 4.71. The Kier molecular flexibility index (Phi) is 8.50. The van der Waals surface area contributed by atoms with Crippen molar-refractivity contribution in [1.82, 2.24) is 15.2 Å². The number of unbranched alkanes of at least 4 members (excludes halogenated alkanes) is 1. The van der Waals surface area contributed by atoms with E-state index in [1.54, 1.807) is 18.4 Å². The molecule has 0 aliphatic heterocycles. The van der Waals surface area contributed by atoms with Crippen LogP contribution in [0, 0.1) is 6.92 Å². The van der Waals surface area contributed by atoms with Gasteiger partial charge in [0.2, 0.25) is 5.91 Å². The van der Waals surface area contributed by atoms with Gasteiger partial charge in [-0.25, -0.2) is 4.98 Å². The number of nitrogens with one attached hydrogen (secondary N) is 1. The Labute approximate surface area is 214 Å². The molecule has 0 saturated heterocycles. The number of benzene rings is 2. The predicted molar refractivity (Wildman–Crippen MR) is 144 cm³/mol. The van der Waals surface area contributed by atoms with Crippen LogP contribution in [0.4, 0.5) is 5.69 Å². The zero-order valence-electron chi connectivity index (χ0n) is 20.1. The van der Waals surface area contributed by atoms with E-state index in [0.29, 0.717) is 5.03 Å². The minimum absolute atomic E-state index is 0.0677. The van der Waals surface area contributed by atoms with E-state index in [-0.39, 0.29) is 11.7 Å². The second-order valence-electron chi connectivity index (χ2n) is 8.03. The van der Waals surface area contributed by atoms with E-state index >= 15 is 0 Å². The van der Waals surface area contributed by atoms with Gasteiger partial charge in [-0.2, -0.15) is 0 Å². The van der Waals surface area contributed by atoms with Gasteiger partial charge >= 0.3 is 0 Å². The van der Waals surface area contributed by atoms with Gasteiger partial charge in [-0.05, 0) is 61.7 Å². The Morgan fingerprint density at radius 1 is 1.06 bits per heavy atom. The third-order valence-electron chi connectivity index (χ3n) is 5.41. The van der Waals surface area contributed by atoms with Gasteiger partial charge in [0, 0.05) is 5.69 Å². The Hall–Kier alpha value is -3.23. The molecule has 1 N–H and O–H groups in total. The SMILES string of the molecule is CCCCc1ccc(NC(=O)CSc2ccc(-c3sc(-c4ccccc4OC)nc3C)nn2)cc1. The zero-order valence-corrected chi connectivity index (χ0v) is 21.7. The molecule has 180 valence electrons. The van der Waals surface area contributed by atoms with Crippen LogP contribution in [0.3, 0.4) is 0 Å². The monoisotopic (exact) mass is 504 g/mol. The lowest BCUT2D eigenvalue weighted by Crippen LogP contribution is -2.14. The molecule has 0 unspecified atom stereocenters. The predicted octanol–water partition coefficient (Wildman–Crippen LogP) is 6.66. The van der Waals surface area contributed by atoms with Crippen molar-refractivity contribution in [3.05, 3.63) is 71.9 Å². The van der Waals surface area contributed by atoms with Gasteiger partial charge in [-0.15, -0.1) is 21.5 Å². The number of carbonyl (C=O) groups excluding carboxylic acids is 1. The second kappa shape index (κ2) is 12.0. The lowest BCUT2D eigenvalue weighted by molar-refractivity contribution is -0.113. The number of carbonyl (C=O) groups is 1. The Bertz CT molecular complexity index is 1270. The van der Waals surface area contributed by atoms with Crippen LogP contribution in [0.15, 0.2) is 65.7 Å². The molecule has 2 aromatic carbocycles. The summed E-state index contributed by atoms with van der Waals surface area (Å²) in [7, 11) is 1.66. The highest BCUT2D eigenvalue weighted by molar-refractivity contribution is 7.99. The lowest BCUT2D eigenvalue weighted by atomic mass is 10.1. The molecule has 4 aromatic rings. The van der Waals surface area contributed by atoms with Crippen molar-refractivity contribution in [2.75, 3.05) is 18.2 Å². The summed E-state index contributed by atoms with van der Waals surface area (Å²) < 4.78 is 5.48. The van der Waals surface area contributed by atoms with E-state index < -0.39 is 0 Å². The van der Waals surface area contributed by atoms with Crippen molar-refractivity contribution in [3.63, 3.8) is 0 Å². The Morgan fingerprint density at radius 3 is 2.57 bits per heavy atom. The van der Waals surface area contributed by atoms with Gasteiger partial charge < -0.3 is 10.1 Å². The molecule has 0 saturated carbocycles. The highest BCUT2D eigenvalue weighted by Gasteiger charge is 2.16. The molecule has 0 atom stereocenters. The van der Waals surface area contributed by atoms with E-state index in [1.807, 2.05) is 55.5 Å². The highest BCUT2D eigenvalue weighted by Crippen LogP contribution is 2.38. The fourth-order valence-corrected chi connectivity index (χ4v) is 5.24. The van der Waals surface area contributed by atoms with Crippen molar-refractivity contribution in [2.24, 2.45) is 0 Å². The molecule has 4 rings (SSSR count). The number of thiazole rings is 1. The number of ether oxygens (including phenoxy) is 1. The van der Waals surface area contributed by atoms with Gasteiger partial charge in [0.05, 0.1) is 29.0 Å². The molecule has 0 aliphatic rings. The van der Waals surface area contributed by atoms with Crippen LogP contribution in [0.1, 0.15) is 31.0 Å². The van der Waals surface area contributed by atoms with Crippen molar-refractivity contribution in [2.45, 2.75) is 38.1 Å². The number of anilines is 1. The fourth-order valence-electron chi connectivity index (χ4n) is 3.56. The van der Waals surface area contributed by atoms with E-state index in [2.05, 4.69) is 34.6 Å². The summed E-state index contributed by atoms with van der Waals surface area (Å²) >= 11 is 2.92. The number of amides is 1. The van der Waals surface area contributed by atoms with Crippen LogP contribution in [0.5, 0.6) is 5.75 Å². The van der Waals surface area contributed by atoms with Gasteiger partial charge in [0.15, 0.2) is 0 Å². The summed E-state index contributed by atoms with van der Waals surface area (Å²) in [6.07, 6.45) is 3.42. The topological polar surface area (TPSA) is 77.0 Å². The van der Waals surface area contributed by atoms with Crippen molar-refractivity contribution < 1.29 is 9.53 Å². The van der Waals surface area contributed by atoms with Crippen molar-refractivity contribution in [3.8, 4) is 26.9 Å². The minimum Gasteiger partial charge on any atom is -0.496 e. The number of rotatable bonds is 10. The van der Waals surface area contributed by atoms with Crippen LogP contribution in [0.25, 0.3) is 21.1 Å². The van der Waals surface area contributed by atoms with E-state index in [9.17, 15) is 4.79 Å². The van der Waals surface area contributed by atoms with Crippen molar-refractivity contribution in [1.29, 1.82) is 0 Å². The maximum absolute atomic E-state index is 12.4. The normalized spacial score (nSPS) is 10.8. The van der Waals surface area contributed by atoms with Crippen LogP contribution in [-0.2, 0) is 11.2 Å². The molecule has 8 heteroatoms. The van der Waals surface area contributed by atoms with Crippen LogP contribution >= 0.6 is 23.1 Å². The van der Waals surface area contributed by atoms with E-state index in [0.717, 1.165) is 44.7 Å².